The smallest absolute Gasteiger partial charge is 0.227 e. The van der Waals surface area contributed by atoms with E-state index in [0.29, 0.717) is 6.54 Å². The molecule has 0 radical (unpaired) electrons. The van der Waals surface area contributed by atoms with Crippen molar-refractivity contribution in [3.63, 3.8) is 0 Å². The Labute approximate surface area is 131 Å². The standard InChI is InChI=1S/C17H23N3O2/c1-12-6-8-19(9-7-12)14-4-2-3-5-15(14)20-11-13(17(18)22)10-16(20)21/h2-5,12-13H,6-11H2,1H3,(H2,18,22). The van der Waals surface area contributed by atoms with E-state index in [1.165, 1.54) is 12.8 Å². The molecule has 0 bridgehead atoms. The van der Waals surface area contributed by atoms with E-state index in [-0.39, 0.29) is 24.2 Å². The Hall–Kier alpha value is -2.04. The Balaban J connectivity index is 1.85. The first-order valence-electron chi connectivity index (χ1n) is 8.00. The third kappa shape index (κ3) is 2.80. The Morgan fingerprint density at radius 1 is 1.18 bits per heavy atom. The van der Waals surface area contributed by atoms with Gasteiger partial charge in [-0.25, -0.2) is 0 Å². The summed E-state index contributed by atoms with van der Waals surface area (Å²) in [6, 6.07) is 7.98. The molecule has 22 heavy (non-hydrogen) atoms. The minimum atomic E-state index is -0.389. The highest BCUT2D eigenvalue weighted by Crippen LogP contribution is 2.35. The van der Waals surface area contributed by atoms with E-state index >= 15 is 0 Å². The van der Waals surface area contributed by atoms with E-state index < -0.39 is 0 Å². The first-order valence-corrected chi connectivity index (χ1v) is 8.00. The zero-order valence-corrected chi connectivity index (χ0v) is 13.0. The van der Waals surface area contributed by atoms with Gasteiger partial charge in [-0.15, -0.1) is 0 Å². The maximum atomic E-state index is 12.3. The number of nitrogens with two attached hydrogens (primary N) is 1. The topological polar surface area (TPSA) is 66.6 Å². The number of carbonyl (C=O) groups excluding carboxylic acids is 2. The lowest BCUT2D eigenvalue weighted by atomic mass is 9.98. The Morgan fingerprint density at radius 2 is 1.82 bits per heavy atom. The summed E-state index contributed by atoms with van der Waals surface area (Å²) in [6.07, 6.45) is 2.57. The van der Waals surface area contributed by atoms with Crippen molar-refractivity contribution in [2.45, 2.75) is 26.2 Å². The van der Waals surface area contributed by atoms with Crippen LogP contribution >= 0.6 is 0 Å². The van der Waals surface area contributed by atoms with Gasteiger partial charge in [0.25, 0.3) is 0 Å². The lowest BCUT2D eigenvalue weighted by Gasteiger charge is -2.34. The van der Waals surface area contributed by atoms with Crippen molar-refractivity contribution in [3.05, 3.63) is 24.3 Å². The molecule has 1 aromatic rings. The molecule has 2 fully saturated rings. The predicted molar refractivity (Wildman–Crippen MR) is 86.7 cm³/mol. The van der Waals surface area contributed by atoms with Crippen LogP contribution in [0.1, 0.15) is 26.2 Å². The highest BCUT2D eigenvalue weighted by atomic mass is 16.2. The summed E-state index contributed by atoms with van der Waals surface area (Å²) in [7, 11) is 0. The zero-order valence-electron chi connectivity index (χ0n) is 13.0. The summed E-state index contributed by atoms with van der Waals surface area (Å²) < 4.78 is 0. The van der Waals surface area contributed by atoms with Gasteiger partial charge in [-0.3, -0.25) is 9.59 Å². The number of nitrogens with zero attached hydrogens (tertiary/aromatic N) is 2. The van der Waals surface area contributed by atoms with Gasteiger partial charge in [-0.1, -0.05) is 19.1 Å². The van der Waals surface area contributed by atoms with Crippen molar-refractivity contribution < 1.29 is 9.59 Å². The van der Waals surface area contributed by atoms with Crippen LogP contribution in [0.3, 0.4) is 0 Å². The van der Waals surface area contributed by atoms with Crippen LogP contribution < -0.4 is 15.5 Å². The number of amides is 2. The van der Waals surface area contributed by atoms with Crippen LogP contribution in [0.25, 0.3) is 0 Å². The first-order chi connectivity index (χ1) is 10.6. The van der Waals surface area contributed by atoms with Crippen molar-refractivity contribution in [2.24, 2.45) is 17.6 Å². The fourth-order valence-electron chi connectivity index (χ4n) is 3.34. The van der Waals surface area contributed by atoms with Crippen LogP contribution in [0.4, 0.5) is 11.4 Å². The molecule has 118 valence electrons. The average Bonchev–Trinajstić information content (AvgIpc) is 2.90. The maximum Gasteiger partial charge on any atom is 0.227 e. The van der Waals surface area contributed by atoms with Gasteiger partial charge < -0.3 is 15.5 Å². The number of para-hydroxylation sites is 2. The van der Waals surface area contributed by atoms with Crippen LogP contribution in [0.5, 0.6) is 0 Å². The Kier molecular flexibility index (Phi) is 4.05. The molecular weight excluding hydrogens is 278 g/mol. The van der Waals surface area contributed by atoms with Crippen molar-refractivity contribution >= 4 is 23.2 Å². The molecule has 5 heteroatoms. The third-order valence-electron chi connectivity index (χ3n) is 4.82. The number of benzene rings is 1. The minimum Gasteiger partial charge on any atom is -0.370 e. The number of piperidine rings is 1. The summed E-state index contributed by atoms with van der Waals surface area (Å²) in [5.74, 6) is -0.0141. The molecular formula is C17H23N3O2. The molecule has 3 rings (SSSR count). The highest BCUT2D eigenvalue weighted by Gasteiger charge is 2.35. The molecule has 2 saturated heterocycles. The molecule has 2 aliphatic heterocycles. The van der Waals surface area contributed by atoms with E-state index in [0.717, 1.165) is 30.4 Å². The van der Waals surface area contributed by atoms with Crippen molar-refractivity contribution in [3.8, 4) is 0 Å². The summed E-state index contributed by atoms with van der Waals surface area (Å²) in [6.45, 7) is 4.71. The van der Waals surface area contributed by atoms with Crippen molar-refractivity contribution in [2.75, 3.05) is 29.4 Å². The predicted octanol–water partition coefficient (Wildman–Crippen LogP) is 1.76. The maximum absolute atomic E-state index is 12.3. The van der Waals surface area contributed by atoms with E-state index in [9.17, 15) is 9.59 Å². The molecule has 2 amide bonds. The van der Waals surface area contributed by atoms with Crippen LogP contribution in [0, 0.1) is 11.8 Å². The second kappa shape index (κ2) is 5.99. The summed E-state index contributed by atoms with van der Waals surface area (Å²) in [5.41, 5.74) is 7.37. The third-order valence-corrected chi connectivity index (χ3v) is 4.82. The lowest BCUT2D eigenvalue weighted by Crippen LogP contribution is -2.35. The molecule has 0 aliphatic carbocycles. The minimum absolute atomic E-state index is 0.0124. The molecule has 0 saturated carbocycles. The molecule has 2 N–H and O–H groups in total. The van der Waals surface area contributed by atoms with Crippen LogP contribution in [-0.4, -0.2) is 31.4 Å². The molecule has 1 atom stereocenters. The number of carbonyl (C=O) groups is 2. The van der Waals surface area contributed by atoms with E-state index in [2.05, 4.69) is 17.9 Å². The summed E-state index contributed by atoms with van der Waals surface area (Å²) >= 11 is 0. The number of primary amides is 1. The number of hydrogen-bond acceptors (Lipinski definition) is 3. The van der Waals surface area contributed by atoms with Crippen LogP contribution in [0.15, 0.2) is 24.3 Å². The lowest BCUT2D eigenvalue weighted by molar-refractivity contribution is -0.123. The van der Waals surface area contributed by atoms with E-state index in [1.54, 1.807) is 4.90 Å². The van der Waals surface area contributed by atoms with Gasteiger partial charge in [-0.2, -0.15) is 0 Å². The van der Waals surface area contributed by atoms with E-state index in [1.807, 2.05) is 18.2 Å². The Morgan fingerprint density at radius 3 is 2.41 bits per heavy atom. The van der Waals surface area contributed by atoms with Gasteiger partial charge in [0.05, 0.1) is 17.3 Å². The molecule has 2 heterocycles. The fourth-order valence-corrected chi connectivity index (χ4v) is 3.34. The van der Waals surface area contributed by atoms with Gasteiger partial charge in [0.15, 0.2) is 0 Å². The van der Waals surface area contributed by atoms with Gasteiger partial charge in [0, 0.05) is 26.1 Å². The van der Waals surface area contributed by atoms with Gasteiger partial charge >= 0.3 is 0 Å². The van der Waals surface area contributed by atoms with Gasteiger partial charge in [0.1, 0.15) is 0 Å². The SMILES string of the molecule is CC1CCN(c2ccccc2N2CC(C(N)=O)CC2=O)CC1. The first kappa shape index (κ1) is 14.9. The second-order valence-electron chi connectivity index (χ2n) is 6.47. The molecule has 2 aliphatic rings. The summed E-state index contributed by atoms with van der Waals surface area (Å²) in [4.78, 5) is 27.7. The second-order valence-corrected chi connectivity index (χ2v) is 6.47. The van der Waals surface area contributed by atoms with Gasteiger partial charge in [0.2, 0.25) is 11.8 Å². The fraction of sp³-hybridized carbons (Fsp3) is 0.529. The number of anilines is 2. The molecule has 1 aromatic carbocycles. The number of hydrogen-bond donors (Lipinski definition) is 1. The quantitative estimate of drug-likeness (QED) is 0.925. The van der Waals surface area contributed by atoms with Crippen molar-refractivity contribution in [1.29, 1.82) is 0 Å². The molecule has 0 spiro atoms. The summed E-state index contributed by atoms with van der Waals surface area (Å²) in [5, 5.41) is 0. The largest absolute Gasteiger partial charge is 0.370 e. The van der Waals surface area contributed by atoms with E-state index in [4.69, 9.17) is 5.73 Å². The van der Waals surface area contributed by atoms with Gasteiger partial charge in [-0.05, 0) is 30.9 Å². The number of rotatable bonds is 3. The average molecular weight is 301 g/mol. The van der Waals surface area contributed by atoms with Crippen LogP contribution in [0.2, 0.25) is 0 Å². The van der Waals surface area contributed by atoms with Crippen LogP contribution in [-0.2, 0) is 9.59 Å². The Bertz CT molecular complexity index is 579. The highest BCUT2D eigenvalue weighted by molar-refractivity contribution is 6.02. The van der Waals surface area contributed by atoms with Crippen molar-refractivity contribution in [1.82, 2.24) is 0 Å². The normalized spacial score (nSPS) is 23.1. The monoisotopic (exact) mass is 301 g/mol. The zero-order chi connectivity index (χ0) is 15.7. The molecule has 1 unspecified atom stereocenters. The molecule has 5 nitrogen and oxygen atoms in total. The molecule has 0 aromatic heterocycles.